The Morgan fingerprint density at radius 2 is 1.71 bits per heavy atom. The summed E-state index contributed by atoms with van der Waals surface area (Å²) in [7, 11) is 0. The zero-order valence-electron chi connectivity index (χ0n) is 8.10. The molecule has 0 saturated carbocycles. The highest BCUT2D eigenvalue weighted by Gasteiger charge is 2.04. The first-order valence-electron chi connectivity index (χ1n) is 4.34. The van der Waals surface area contributed by atoms with Gasteiger partial charge in [-0.3, -0.25) is 4.98 Å². The second-order valence-electron chi connectivity index (χ2n) is 3.05. The van der Waals surface area contributed by atoms with E-state index in [4.69, 9.17) is 0 Å². The lowest BCUT2D eigenvalue weighted by Crippen LogP contribution is -1.94. The molecule has 0 radical (unpaired) electrons. The maximum Gasteiger partial charge on any atom is 0.164 e. The molecular weight excluding hydrogens is 176 g/mol. The third kappa shape index (κ3) is 1.59. The van der Waals surface area contributed by atoms with Gasteiger partial charge in [0.15, 0.2) is 5.82 Å². The molecule has 0 N–H and O–H groups in total. The minimum atomic E-state index is 0.671. The lowest BCUT2D eigenvalue weighted by molar-refractivity contribution is 1.04. The third-order valence-electron chi connectivity index (χ3n) is 1.96. The Kier molecular flexibility index (Phi) is 2.18. The molecule has 4 heteroatoms. The molecule has 0 aliphatic heterocycles. The van der Waals surface area contributed by atoms with Crippen LogP contribution in [0.3, 0.4) is 0 Å². The first-order valence-corrected chi connectivity index (χ1v) is 4.34. The lowest BCUT2D eigenvalue weighted by atomic mass is 10.2. The van der Waals surface area contributed by atoms with E-state index in [0.717, 1.165) is 17.0 Å². The number of aromatic nitrogens is 4. The van der Waals surface area contributed by atoms with Crippen LogP contribution >= 0.6 is 0 Å². The molecule has 14 heavy (non-hydrogen) atoms. The molecule has 2 rings (SSSR count). The van der Waals surface area contributed by atoms with E-state index in [-0.39, 0.29) is 0 Å². The number of nitrogens with zero attached hydrogens (tertiary/aromatic N) is 4. The molecule has 0 spiro atoms. The van der Waals surface area contributed by atoms with Crippen molar-refractivity contribution in [1.82, 2.24) is 19.9 Å². The van der Waals surface area contributed by atoms with Crippen LogP contribution in [0, 0.1) is 13.8 Å². The average Bonchev–Trinajstić information content (AvgIpc) is 2.19. The molecule has 2 heterocycles. The summed E-state index contributed by atoms with van der Waals surface area (Å²) in [5.41, 5.74) is 2.90. The van der Waals surface area contributed by atoms with Gasteiger partial charge in [0, 0.05) is 17.0 Å². The fourth-order valence-electron chi connectivity index (χ4n) is 1.30. The standard InChI is InChI=1S/C10H10N4/c1-7-3-4-9(8(2)14-7)10-12-5-11-6-13-10/h3-6H,1-2H3. The summed E-state index contributed by atoms with van der Waals surface area (Å²) >= 11 is 0. The van der Waals surface area contributed by atoms with Crippen LogP contribution < -0.4 is 0 Å². The summed E-state index contributed by atoms with van der Waals surface area (Å²) in [6.45, 7) is 3.91. The number of aryl methyl sites for hydroxylation is 2. The minimum absolute atomic E-state index is 0.671. The molecule has 2 aromatic rings. The van der Waals surface area contributed by atoms with Crippen molar-refractivity contribution in [3.05, 3.63) is 36.2 Å². The molecule has 70 valence electrons. The van der Waals surface area contributed by atoms with Crippen LogP contribution in [0.5, 0.6) is 0 Å². The van der Waals surface area contributed by atoms with Gasteiger partial charge in [0.1, 0.15) is 12.7 Å². The van der Waals surface area contributed by atoms with E-state index in [2.05, 4.69) is 19.9 Å². The van der Waals surface area contributed by atoms with Crippen LogP contribution in [0.15, 0.2) is 24.8 Å². The van der Waals surface area contributed by atoms with E-state index < -0.39 is 0 Å². The monoisotopic (exact) mass is 186 g/mol. The molecule has 2 aromatic heterocycles. The van der Waals surface area contributed by atoms with Crippen molar-refractivity contribution in [2.45, 2.75) is 13.8 Å². The van der Waals surface area contributed by atoms with Crippen LogP contribution in [-0.2, 0) is 0 Å². The Morgan fingerprint density at radius 3 is 2.36 bits per heavy atom. The highest BCUT2D eigenvalue weighted by Crippen LogP contribution is 2.16. The van der Waals surface area contributed by atoms with Gasteiger partial charge in [-0.2, -0.15) is 0 Å². The Bertz CT molecular complexity index is 439. The van der Waals surface area contributed by atoms with Crippen molar-refractivity contribution in [3.63, 3.8) is 0 Å². The highest BCUT2D eigenvalue weighted by molar-refractivity contribution is 5.57. The van der Waals surface area contributed by atoms with E-state index >= 15 is 0 Å². The number of hydrogen-bond donors (Lipinski definition) is 0. The molecular formula is C10H10N4. The predicted molar refractivity (Wildman–Crippen MR) is 52.5 cm³/mol. The first kappa shape index (κ1) is 8.74. The SMILES string of the molecule is Cc1ccc(-c2ncncn2)c(C)n1. The van der Waals surface area contributed by atoms with E-state index in [1.54, 1.807) is 0 Å². The van der Waals surface area contributed by atoms with Crippen LogP contribution in [0.1, 0.15) is 11.4 Å². The summed E-state index contributed by atoms with van der Waals surface area (Å²) < 4.78 is 0. The Morgan fingerprint density at radius 1 is 1.00 bits per heavy atom. The summed E-state index contributed by atoms with van der Waals surface area (Å²) in [5.74, 6) is 0.671. The summed E-state index contributed by atoms with van der Waals surface area (Å²) in [5, 5.41) is 0. The van der Waals surface area contributed by atoms with Crippen molar-refractivity contribution in [2.24, 2.45) is 0 Å². The normalized spacial score (nSPS) is 10.1. The second kappa shape index (κ2) is 3.49. The third-order valence-corrected chi connectivity index (χ3v) is 1.96. The van der Waals surface area contributed by atoms with Crippen molar-refractivity contribution in [2.75, 3.05) is 0 Å². The predicted octanol–water partition coefficient (Wildman–Crippen LogP) is 1.55. The zero-order chi connectivity index (χ0) is 9.97. The summed E-state index contributed by atoms with van der Waals surface area (Å²) in [4.78, 5) is 16.3. The van der Waals surface area contributed by atoms with E-state index in [1.165, 1.54) is 12.7 Å². The number of rotatable bonds is 1. The number of pyridine rings is 1. The van der Waals surface area contributed by atoms with Gasteiger partial charge in [0.25, 0.3) is 0 Å². The molecule has 0 amide bonds. The highest BCUT2D eigenvalue weighted by atomic mass is 15.0. The topological polar surface area (TPSA) is 51.6 Å². The molecule has 0 bridgehead atoms. The summed E-state index contributed by atoms with van der Waals surface area (Å²) in [6, 6.07) is 3.93. The molecule has 0 aromatic carbocycles. The van der Waals surface area contributed by atoms with Gasteiger partial charge >= 0.3 is 0 Å². The second-order valence-corrected chi connectivity index (χ2v) is 3.05. The quantitative estimate of drug-likeness (QED) is 0.678. The van der Waals surface area contributed by atoms with Crippen LogP contribution in [0.2, 0.25) is 0 Å². The minimum Gasteiger partial charge on any atom is -0.258 e. The van der Waals surface area contributed by atoms with Crippen molar-refractivity contribution in [3.8, 4) is 11.4 Å². The molecule has 0 aliphatic carbocycles. The van der Waals surface area contributed by atoms with Gasteiger partial charge in [-0.25, -0.2) is 15.0 Å². The smallest absolute Gasteiger partial charge is 0.164 e. The lowest BCUT2D eigenvalue weighted by Gasteiger charge is -2.03. The van der Waals surface area contributed by atoms with Gasteiger partial charge in [-0.15, -0.1) is 0 Å². The van der Waals surface area contributed by atoms with Crippen molar-refractivity contribution in [1.29, 1.82) is 0 Å². The maximum absolute atomic E-state index is 4.35. The molecule has 0 unspecified atom stereocenters. The van der Waals surface area contributed by atoms with Crippen molar-refractivity contribution >= 4 is 0 Å². The van der Waals surface area contributed by atoms with Crippen LogP contribution in [0.25, 0.3) is 11.4 Å². The van der Waals surface area contributed by atoms with Crippen LogP contribution in [-0.4, -0.2) is 19.9 Å². The van der Waals surface area contributed by atoms with E-state index in [1.807, 2.05) is 26.0 Å². The fraction of sp³-hybridized carbons (Fsp3) is 0.200. The van der Waals surface area contributed by atoms with Gasteiger partial charge in [0.2, 0.25) is 0 Å². The van der Waals surface area contributed by atoms with Gasteiger partial charge in [0.05, 0.1) is 0 Å². The van der Waals surface area contributed by atoms with Gasteiger partial charge < -0.3 is 0 Å². The summed E-state index contributed by atoms with van der Waals surface area (Å²) in [6.07, 6.45) is 2.98. The van der Waals surface area contributed by atoms with Crippen LogP contribution in [0.4, 0.5) is 0 Å². The van der Waals surface area contributed by atoms with Crippen molar-refractivity contribution < 1.29 is 0 Å². The first-order chi connectivity index (χ1) is 6.77. The Labute approximate surface area is 82.1 Å². The molecule has 0 aliphatic rings. The molecule has 0 saturated heterocycles. The average molecular weight is 186 g/mol. The largest absolute Gasteiger partial charge is 0.258 e. The maximum atomic E-state index is 4.35. The van der Waals surface area contributed by atoms with E-state index in [9.17, 15) is 0 Å². The molecule has 4 nitrogen and oxygen atoms in total. The molecule has 0 atom stereocenters. The Balaban J connectivity index is 2.53. The van der Waals surface area contributed by atoms with Gasteiger partial charge in [-0.05, 0) is 26.0 Å². The van der Waals surface area contributed by atoms with Gasteiger partial charge in [-0.1, -0.05) is 0 Å². The fourth-order valence-corrected chi connectivity index (χ4v) is 1.30. The Hall–Kier alpha value is -1.84. The van der Waals surface area contributed by atoms with E-state index in [0.29, 0.717) is 5.82 Å². The molecule has 0 fully saturated rings. The number of hydrogen-bond acceptors (Lipinski definition) is 4. The zero-order valence-corrected chi connectivity index (χ0v) is 8.10.